The number of nitrogen functional groups attached to an aromatic ring is 1. The molecule has 0 spiro atoms. The molecule has 4 N–H and O–H groups in total. The molecule has 0 aliphatic heterocycles. The van der Waals surface area contributed by atoms with Crippen molar-refractivity contribution < 1.29 is 27.8 Å². The number of thiol groups is 1. The maximum Gasteiger partial charge on any atom is 0.308 e. The molecule has 0 radical (unpaired) electrons. The number of benzene rings is 1. The van der Waals surface area contributed by atoms with Gasteiger partial charge in [-0.3, -0.25) is 19.5 Å². The number of nitrogens with two attached hydrogens (primary N) is 1. The summed E-state index contributed by atoms with van der Waals surface area (Å²) < 4.78 is 31.1. The van der Waals surface area contributed by atoms with Gasteiger partial charge in [-0.1, -0.05) is 0 Å². The Hall–Kier alpha value is -1.85. The highest BCUT2D eigenvalue weighted by Gasteiger charge is 2.30. The van der Waals surface area contributed by atoms with Crippen LogP contribution in [0.2, 0.25) is 0 Å². The smallest absolute Gasteiger partial charge is 0.308 e. The lowest BCUT2D eigenvalue weighted by Crippen LogP contribution is -2.11. The molecule has 1 aromatic carbocycles. The van der Waals surface area contributed by atoms with E-state index in [1.807, 2.05) is 0 Å². The van der Waals surface area contributed by atoms with Crippen LogP contribution in [0.1, 0.15) is 5.56 Å². The van der Waals surface area contributed by atoms with Crippen LogP contribution in [0.15, 0.2) is 15.9 Å². The van der Waals surface area contributed by atoms with Gasteiger partial charge >= 0.3 is 5.97 Å². The molecule has 0 saturated carbocycles. The first-order chi connectivity index (χ1) is 8.55. The second-order valence-electron chi connectivity index (χ2n) is 3.45. The number of nitrogens with zero attached hydrogens (tertiary/aromatic N) is 1. The van der Waals surface area contributed by atoms with Crippen molar-refractivity contribution in [3.8, 4) is 0 Å². The van der Waals surface area contributed by atoms with Gasteiger partial charge in [0.1, 0.15) is 9.79 Å². The third-order valence-corrected chi connectivity index (χ3v) is 3.66. The van der Waals surface area contributed by atoms with Crippen LogP contribution >= 0.6 is 12.6 Å². The summed E-state index contributed by atoms with van der Waals surface area (Å²) >= 11 is 3.65. The van der Waals surface area contributed by atoms with E-state index in [0.29, 0.717) is 0 Å². The number of nitro benzene ring substituents is 1. The van der Waals surface area contributed by atoms with Crippen LogP contribution in [0.4, 0.5) is 11.4 Å². The van der Waals surface area contributed by atoms with Gasteiger partial charge in [-0.05, 0) is 6.07 Å². The second-order valence-corrected chi connectivity index (χ2v) is 5.26. The molecule has 0 aliphatic carbocycles. The van der Waals surface area contributed by atoms with Crippen molar-refractivity contribution >= 4 is 40.1 Å². The molecule has 0 fully saturated rings. The molecule has 19 heavy (non-hydrogen) atoms. The lowest BCUT2D eigenvalue weighted by atomic mass is 10.1. The van der Waals surface area contributed by atoms with Gasteiger partial charge in [0.2, 0.25) is 0 Å². The first-order valence-corrected chi connectivity index (χ1v) is 6.42. The van der Waals surface area contributed by atoms with Crippen LogP contribution in [0, 0.1) is 10.1 Å². The number of hydrogen-bond donors (Lipinski definition) is 4. The Kier molecular flexibility index (Phi) is 4.03. The van der Waals surface area contributed by atoms with E-state index in [4.69, 9.17) is 15.4 Å². The summed E-state index contributed by atoms with van der Waals surface area (Å²) in [5, 5.41) is 19.5. The lowest BCUT2D eigenvalue weighted by Gasteiger charge is -2.09. The maximum absolute atomic E-state index is 11.1. The van der Waals surface area contributed by atoms with Gasteiger partial charge in [0, 0.05) is 5.56 Å². The van der Waals surface area contributed by atoms with E-state index in [2.05, 4.69) is 12.6 Å². The van der Waals surface area contributed by atoms with Gasteiger partial charge in [-0.2, -0.15) is 8.42 Å². The first-order valence-electron chi connectivity index (χ1n) is 4.53. The van der Waals surface area contributed by atoms with Crippen LogP contribution < -0.4 is 5.73 Å². The molecular weight excluding hydrogens is 300 g/mol. The molecule has 1 aromatic rings. The highest BCUT2D eigenvalue weighted by Crippen LogP contribution is 2.37. The standard InChI is InChI=1S/C8H8N2O7S2/c9-4-1-3(2-5(11)12)6(10(13)14)7(18)8(4)19(15,16)17/h1,18H,2,9H2,(H,11,12)(H,15,16,17). The van der Waals surface area contributed by atoms with E-state index >= 15 is 0 Å². The number of carbonyl (C=O) groups is 1. The van der Waals surface area contributed by atoms with Gasteiger partial charge in [0.05, 0.1) is 17.0 Å². The lowest BCUT2D eigenvalue weighted by molar-refractivity contribution is -0.388. The Morgan fingerprint density at radius 3 is 2.42 bits per heavy atom. The summed E-state index contributed by atoms with van der Waals surface area (Å²) in [6, 6.07) is 0.815. The van der Waals surface area contributed by atoms with Crippen molar-refractivity contribution in [2.75, 3.05) is 5.73 Å². The SMILES string of the molecule is Nc1cc(CC(=O)O)c([N+](=O)[O-])c(S)c1S(=O)(=O)O. The van der Waals surface area contributed by atoms with Crippen molar-refractivity contribution in [1.29, 1.82) is 0 Å². The molecular formula is C8H8N2O7S2. The molecule has 1 rings (SSSR count). The average molecular weight is 308 g/mol. The van der Waals surface area contributed by atoms with Crippen LogP contribution in [-0.2, 0) is 21.3 Å². The fourth-order valence-electron chi connectivity index (χ4n) is 1.49. The van der Waals surface area contributed by atoms with Crippen molar-refractivity contribution in [1.82, 2.24) is 0 Å². The highest BCUT2D eigenvalue weighted by molar-refractivity contribution is 7.87. The van der Waals surface area contributed by atoms with Crippen molar-refractivity contribution in [3.63, 3.8) is 0 Å². The predicted octanol–water partition coefficient (Wildman–Crippen LogP) is 0.340. The molecule has 0 unspecified atom stereocenters. The Morgan fingerprint density at radius 1 is 1.53 bits per heavy atom. The Morgan fingerprint density at radius 2 is 2.05 bits per heavy atom. The third-order valence-electron chi connectivity index (χ3n) is 2.12. The molecule has 0 amide bonds. The fraction of sp³-hybridized carbons (Fsp3) is 0.125. The number of rotatable bonds is 4. The zero-order chi connectivity index (χ0) is 15.0. The third kappa shape index (κ3) is 3.13. The average Bonchev–Trinajstić information content (AvgIpc) is 2.11. The summed E-state index contributed by atoms with van der Waals surface area (Å²) in [4.78, 5) is 18.8. The number of hydrogen-bond acceptors (Lipinski definition) is 7. The van der Waals surface area contributed by atoms with E-state index in [-0.39, 0.29) is 5.56 Å². The van der Waals surface area contributed by atoms with Gasteiger partial charge in [-0.25, -0.2) is 0 Å². The summed E-state index contributed by atoms with van der Waals surface area (Å²) in [6.45, 7) is 0. The van der Waals surface area contributed by atoms with Crippen molar-refractivity contribution in [2.45, 2.75) is 16.2 Å². The molecule has 104 valence electrons. The van der Waals surface area contributed by atoms with E-state index in [9.17, 15) is 23.3 Å². The van der Waals surface area contributed by atoms with E-state index in [1.54, 1.807) is 0 Å². The molecule has 9 nitrogen and oxygen atoms in total. The number of nitro groups is 1. The van der Waals surface area contributed by atoms with Crippen LogP contribution in [0.5, 0.6) is 0 Å². The minimum Gasteiger partial charge on any atom is -0.481 e. The van der Waals surface area contributed by atoms with Crippen molar-refractivity contribution in [2.24, 2.45) is 0 Å². The van der Waals surface area contributed by atoms with Crippen LogP contribution in [-0.4, -0.2) is 29.0 Å². The first kappa shape index (κ1) is 15.2. The zero-order valence-electron chi connectivity index (χ0n) is 9.10. The summed E-state index contributed by atoms with van der Waals surface area (Å²) in [6.07, 6.45) is -0.736. The molecule has 0 saturated heterocycles. The molecule has 0 bridgehead atoms. The summed E-state index contributed by atoms with van der Waals surface area (Å²) in [5.41, 5.74) is 3.69. The Bertz CT molecular complexity index is 668. The summed E-state index contributed by atoms with van der Waals surface area (Å²) in [7, 11) is -4.82. The Labute approximate surface area is 112 Å². The number of aliphatic carboxylic acids is 1. The molecule has 0 aliphatic rings. The quantitative estimate of drug-likeness (QED) is 0.203. The van der Waals surface area contributed by atoms with Gasteiger partial charge < -0.3 is 10.8 Å². The fourth-order valence-corrected chi connectivity index (χ4v) is 2.89. The minimum absolute atomic E-state index is 0.313. The van der Waals surface area contributed by atoms with Gasteiger partial charge in [-0.15, -0.1) is 12.6 Å². The van der Waals surface area contributed by atoms with E-state index in [1.165, 1.54) is 0 Å². The highest BCUT2D eigenvalue weighted by atomic mass is 32.2. The zero-order valence-corrected chi connectivity index (χ0v) is 10.8. The number of carboxylic acid groups (broad SMARTS) is 1. The second kappa shape index (κ2) is 5.03. The number of anilines is 1. The monoisotopic (exact) mass is 308 g/mol. The van der Waals surface area contributed by atoms with E-state index in [0.717, 1.165) is 6.07 Å². The van der Waals surface area contributed by atoms with E-state index < -0.39 is 48.6 Å². The number of carboxylic acids is 1. The normalized spacial score (nSPS) is 11.3. The molecule has 0 heterocycles. The predicted molar refractivity (Wildman–Crippen MR) is 65.9 cm³/mol. The molecule has 11 heteroatoms. The molecule has 0 atom stereocenters. The Balaban J connectivity index is 3.74. The maximum atomic E-state index is 11.1. The largest absolute Gasteiger partial charge is 0.481 e. The topological polar surface area (TPSA) is 161 Å². The van der Waals surface area contributed by atoms with Crippen LogP contribution in [0.3, 0.4) is 0 Å². The minimum atomic E-state index is -4.82. The summed E-state index contributed by atoms with van der Waals surface area (Å²) in [5.74, 6) is -1.37. The van der Waals surface area contributed by atoms with Gasteiger partial charge in [0.25, 0.3) is 15.8 Å². The van der Waals surface area contributed by atoms with Gasteiger partial charge in [0.15, 0.2) is 0 Å². The van der Waals surface area contributed by atoms with Crippen LogP contribution in [0.25, 0.3) is 0 Å². The van der Waals surface area contributed by atoms with Crippen molar-refractivity contribution in [3.05, 3.63) is 21.7 Å². The molecule has 0 aromatic heterocycles.